The quantitative estimate of drug-likeness (QED) is 0.668. The molecule has 0 N–H and O–H groups in total. The standard InChI is InChI=1S/C20H27FO2/c1-11-8-13-14(19(2)6-4-12(22)9-15(11)19)5-7-20(3)16(13)10-17(21)18(20)23/h9,11,13-14,16-17H,4-8,10H2,1-3H3/t11?,13?,14?,16?,17-,19-,20+/m1/s1. The number of halogens is 1. The summed E-state index contributed by atoms with van der Waals surface area (Å²) in [5.41, 5.74) is 0.969. The van der Waals surface area contributed by atoms with Crippen LogP contribution < -0.4 is 0 Å². The summed E-state index contributed by atoms with van der Waals surface area (Å²) in [5.74, 6) is 1.64. The molecule has 3 heteroatoms. The number of allylic oxidation sites excluding steroid dienone is 1. The van der Waals surface area contributed by atoms with Crippen LogP contribution in [0.4, 0.5) is 4.39 Å². The Kier molecular flexibility index (Phi) is 3.22. The zero-order valence-electron chi connectivity index (χ0n) is 14.4. The highest BCUT2D eigenvalue weighted by Gasteiger charge is 2.62. The van der Waals surface area contributed by atoms with Crippen LogP contribution in [0.15, 0.2) is 11.6 Å². The van der Waals surface area contributed by atoms with Crippen LogP contribution in [0.2, 0.25) is 0 Å². The molecular formula is C20H27FO2. The molecule has 2 nitrogen and oxygen atoms in total. The van der Waals surface area contributed by atoms with E-state index in [2.05, 4.69) is 13.8 Å². The van der Waals surface area contributed by atoms with Gasteiger partial charge in [-0.1, -0.05) is 26.3 Å². The van der Waals surface area contributed by atoms with Crippen molar-refractivity contribution in [2.75, 3.05) is 0 Å². The zero-order chi connectivity index (χ0) is 16.6. The lowest BCUT2D eigenvalue weighted by Gasteiger charge is -2.58. The van der Waals surface area contributed by atoms with Crippen molar-refractivity contribution in [3.8, 4) is 0 Å². The molecule has 4 rings (SSSR count). The minimum Gasteiger partial charge on any atom is -0.296 e. The normalized spacial score (nSPS) is 52.5. The van der Waals surface area contributed by atoms with Gasteiger partial charge in [-0.05, 0) is 67.3 Å². The highest BCUT2D eigenvalue weighted by Crippen LogP contribution is 2.65. The Morgan fingerprint density at radius 3 is 2.57 bits per heavy atom. The molecule has 4 unspecified atom stereocenters. The smallest absolute Gasteiger partial charge is 0.173 e. The van der Waals surface area contributed by atoms with Crippen LogP contribution in [0.5, 0.6) is 0 Å². The number of ketones is 2. The average Bonchev–Trinajstić information content (AvgIpc) is 2.73. The first-order chi connectivity index (χ1) is 10.8. The summed E-state index contributed by atoms with van der Waals surface area (Å²) in [6, 6.07) is 0. The van der Waals surface area contributed by atoms with Crippen molar-refractivity contribution in [2.45, 2.75) is 65.5 Å². The minimum atomic E-state index is -1.25. The van der Waals surface area contributed by atoms with Gasteiger partial charge in [0.25, 0.3) is 0 Å². The van der Waals surface area contributed by atoms with E-state index in [1.165, 1.54) is 5.57 Å². The number of fused-ring (bicyclic) bond motifs is 5. The van der Waals surface area contributed by atoms with Gasteiger partial charge in [-0.2, -0.15) is 0 Å². The summed E-state index contributed by atoms with van der Waals surface area (Å²) in [5, 5.41) is 0. The van der Waals surface area contributed by atoms with E-state index >= 15 is 0 Å². The molecule has 3 saturated carbocycles. The van der Waals surface area contributed by atoms with E-state index in [1.54, 1.807) is 0 Å². The van der Waals surface area contributed by atoms with Gasteiger partial charge in [0.05, 0.1) is 0 Å². The highest BCUT2D eigenvalue weighted by atomic mass is 19.1. The number of Topliss-reactive ketones (excluding diaryl/α,β-unsaturated/α-hetero) is 1. The molecule has 0 saturated heterocycles. The van der Waals surface area contributed by atoms with E-state index in [4.69, 9.17) is 0 Å². The van der Waals surface area contributed by atoms with E-state index in [1.807, 2.05) is 13.0 Å². The molecule has 3 fully saturated rings. The summed E-state index contributed by atoms with van der Waals surface area (Å²) in [6.45, 7) is 6.55. The summed E-state index contributed by atoms with van der Waals surface area (Å²) >= 11 is 0. The summed E-state index contributed by atoms with van der Waals surface area (Å²) in [7, 11) is 0. The van der Waals surface area contributed by atoms with Crippen molar-refractivity contribution in [1.82, 2.24) is 0 Å². The number of hydrogen-bond acceptors (Lipinski definition) is 2. The van der Waals surface area contributed by atoms with Gasteiger partial charge in [-0.3, -0.25) is 9.59 Å². The predicted molar refractivity (Wildman–Crippen MR) is 86.5 cm³/mol. The maximum absolute atomic E-state index is 14.2. The van der Waals surface area contributed by atoms with Crippen molar-refractivity contribution in [1.29, 1.82) is 0 Å². The third kappa shape index (κ3) is 1.91. The molecule has 0 heterocycles. The molecule has 4 aliphatic rings. The first kappa shape index (κ1) is 15.5. The molecule has 126 valence electrons. The monoisotopic (exact) mass is 318 g/mol. The SMILES string of the molecule is CC1CC2C(CC[C@]3(C)C(=O)[C@H](F)CC23)[C@@]2(C)CCC(=O)C=C12. The summed E-state index contributed by atoms with van der Waals surface area (Å²) in [6.07, 6.45) is 5.50. The minimum absolute atomic E-state index is 0.0784. The largest absolute Gasteiger partial charge is 0.296 e. The van der Waals surface area contributed by atoms with Crippen LogP contribution in [-0.4, -0.2) is 17.7 Å². The molecule has 0 radical (unpaired) electrons. The van der Waals surface area contributed by atoms with Crippen LogP contribution in [-0.2, 0) is 9.59 Å². The van der Waals surface area contributed by atoms with Crippen molar-refractivity contribution >= 4 is 11.6 Å². The van der Waals surface area contributed by atoms with E-state index in [0.717, 1.165) is 25.7 Å². The first-order valence-corrected chi connectivity index (χ1v) is 9.20. The predicted octanol–water partition coefficient (Wildman–Crippen LogP) is 4.28. The van der Waals surface area contributed by atoms with Crippen LogP contribution in [0.25, 0.3) is 0 Å². The lowest BCUT2D eigenvalue weighted by molar-refractivity contribution is -0.135. The van der Waals surface area contributed by atoms with Crippen molar-refractivity contribution in [3.05, 3.63) is 11.6 Å². The fourth-order valence-electron chi connectivity index (χ4n) is 6.73. The second-order valence-electron chi connectivity index (χ2n) is 9.02. The van der Waals surface area contributed by atoms with Gasteiger partial charge in [-0.15, -0.1) is 0 Å². The maximum Gasteiger partial charge on any atom is 0.173 e. The average molecular weight is 318 g/mol. The number of carbonyl (C=O) groups is 2. The van der Waals surface area contributed by atoms with Gasteiger partial charge in [-0.25, -0.2) is 4.39 Å². The molecule has 0 aromatic carbocycles. The van der Waals surface area contributed by atoms with E-state index in [-0.39, 0.29) is 22.9 Å². The van der Waals surface area contributed by atoms with Crippen LogP contribution in [0.3, 0.4) is 0 Å². The highest BCUT2D eigenvalue weighted by molar-refractivity contribution is 5.92. The van der Waals surface area contributed by atoms with Gasteiger partial charge < -0.3 is 0 Å². The molecule has 0 aromatic heterocycles. The Morgan fingerprint density at radius 1 is 1.09 bits per heavy atom. The number of rotatable bonds is 0. The van der Waals surface area contributed by atoms with Crippen molar-refractivity contribution in [3.63, 3.8) is 0 Å². The molecule has 0 aromatic rings. The molecule has 0 bridgehead atoms. The number of carbonyl (C=O) groups excluding carboxylic acids is 2. The van der Waals surface area contributed by atoms with Gasteiger partial charge in [0.15, 0.2) is 17.7 Å². The molecule has 23 heavy (non-hydrogen) atoms. The zero-order valence-corrected chi connectivity index (χ0v) is 14.4. The Balaban J connectivity index is 1.74. The number of hydrogen-bond donors (Lipinski definition) is 0. The third-order valence-corrected chi connectivity index (χ3v) is 7.98. The molecule has 0 spiro atoms. The van der Waals surface area contributed by atoms with Crippen LogP contribution >= 0.6 is 0 Å². The third-order valence-electron chi connectivity index (χ3n) is 7.98. The summed E-state index contributed by atoms with van der Waals surface area (Å²) in [4.78, 5) is 24.3. The van der Waals surface area contributed by atoms with E-state index < -0.39 is 11.6 Å². The van der Waals surface area contributed by atoms with Crippen LogP contribution in [0, 0.1) is 34.5 Å². The van der Waals surface area contributed by atoms with Gasteiger partial charge in [0, 0.05) is 11.8 Å². The number of alkyl halides is 1. The fourth-order valence-corrected chi connectivity index (χ4v) is 6.73. The Morgan fingerprint density at radius 2 is 1.83 bits per heavy atom. The first-order valence-electron chi connectivity index (χ1n) is 9.20. The maximum atomic E-state index is 14.2. The Hall–Kier alpha value is -0.990. The second kappa shape index (κ2) is 4.77. The van der Waals surface area contributed by atoms with Gasteiger partial charge in [0.1, 0.15) is 0 Å². The molecule has 4 aliphatic carbocycles. The van der Waals surface area contributed by atoms with Gasteiger partial charge in [0.2, 0.25) is 0 Å². The Bertz CT molecular complexity index is 609. The Labute approximate surface area is 137 Å². The molecule has 0 amide bonds. The molecule has 7 atom stereocenters. The van der Waals surface area contributed by atoms with Crippen molar-refractivity contribution < 1.29 is 14.0 Å². The van der Waals surface area contributed by atoms with Crippen LogP contribution in [0.1, 0.15) is 59.3 Å². The second-order valence-corrected chi connectivity index (χ2v) is 9.02. The van der Waals surface area contributed by atoms with E-state index in [0.29, 0.717) is 30.6 Å². The van der Waals surface area contributed by atoms with E-state index in [9.17, 15) is 14.0 Å². The lowest BCUT2D eigenvalue weighted by atomic mass is 9.46. The molecule has 0 aliphatic heterocycles. The van der Waals surface area contributed by atoms with Gasteiger partial charge >= 0.3 is 0 Å². The lowest BCUT2D eigenvalue weighted by Crippen LogP contribution is -2.52. The van der Waals surface area contributed by atoms with Crippen molar-refractivity contribution in [2.24, 2.45) is 34.5 Å². The fraction of sp³-hybridized carbons (Fsp3) is 0.800. The molecular weight excluding hydrogens is 291 g/mol. The summed E-state index contributed by atoms with van der Waals surface area (Å²) < 4.78 is 14.2. The topological polar surface area (TPSA) is 34.1 Å².